The van der Waals surface area contributed by atoms with Gasteiger partial charge >= 0.3 is 0 Å². The molecule has 0 fully saturated rings. The van der Waals surface area contributed by atoms with E-state index in [0.29, 0.717) is 6.42 Å². The van der Waals surface area contributed by atoms with Crippen molar-refractivity contribution in [2.24, 2.45) is 0 Å². The van der Waals surface area contributed by atoms with Crippen LogP contribution >= 0.6 is 11.3 Å². The number of hydrogen-bond donors (Lipinski definition) is 1. The maximum atomic E-state index is 12.2. The van der Waals surface area contributed by atoms with Gasteiger partial charge in [0.25, 0.3) is 0 Å². The van der Waals surface area contributed by atoms with E-state index in [9.17, 15) is 9.00 Å². The highest BCUT2D eigenvalue weighted by Crippen LogP contribution is 2.26. The Labute approximate surface area is 138 Å². The molecule has 0 unspecified atom stereocenters. The number of nitrogens with one attached hydrogen (secondary N) is 1. The molecule has 2 rings (SSSR count). The lowest BCUT2D eigenvalue weighted by Gasteiger charge is -2.14. The summed E-state index contributed by atoms with van der Waals surface area (Å²) in [4.78, 5) is 15.5. The molecule has 0 saturated heterocycles. The molecule has 1 aromatic carbocycles. The van der Waals surface area contributed by atoms with Crippen molar-refractivity contribution in [3.63, 3.8) is 0 Å². The van der Waals surface area contributed by atoms with Crippen molar-refractivity contribution in [2.45, 2.75) is 38.1 Å². The number of rotatable bonds is 5. The summed E-state index contributed by atoms with van der Waals surface area (Å²) in [5.74, 6) is 0.00104. The van der Waals surface area contributed by atoms with Gasteiger partial charge in [0.1, 0.15) is 0 Å². The molecule has 118 valence electrons. The third-order valence-electron chi connectivity index (χ3n) is 3.54. The Morgan fingerprint density at radius 2 is 1.91 bits per heavy atom. The second-order valence-electron chi connectivity index (χ2n) is 5.43. The molecular formula is C17H21NO2S2. The van der Waals surface area contributed by atoms with Crippen LogP contribution in [0.4, 0.5) is 0 Å². The minimum Gasteiger partial charge on any atom is -0.349 e. The first-order valence-electron chi connectivity index (χ1n) is 7.15. The maximum absolute atomic E-state index is 12.2. The number of aryl methyl sites for hydroxylation is 2. The summed E-state index contributed by atoms with van der Waals surface area (Å²) in [5, 5.41) is 3.04. The molecule has 1 amide bonds. The fourth-order valence-corrected chi connectivity index (χ4v) is 3.98. The van der Waals surface area contributed by atoms with E-state index in [1.807, 2.05) is 31.2 Å². The van der Waals surface area contributed by atoms with Crippen molar-refractivity contribution in [2.75, 3.05) is 6.26 Å². The van der Waals surface area contributed by atoms with Crippen molar-refractivity contribution < 1.29 is 9.00 Å². The Hall–Kier alpha value is -1.46. The van der Waals surface area contributed by atoms with Gasteiger partial charge in [-0.1, -0.05) is 12.1 Å². The molecule has 0 aliphatic heterocycles. The van der Waals surface area contributed by atoms with Gasteiger partial charge in [-0.25, -0.2) is 0 Å². The summed E-state index contributed by atoms with van der Waals surface area (Å²) in [6.07, 6.45) is 1.98. The topological polar surface area (TPSA) is 46.2 Å². The van der Waals surface area contributed by atoms with Crippen LogP contribution < -0.4 is 5.32 Å². The van der Waals surface area contributed by atoms with Gasteiger partial charge in [0.2, 0.25) is 5.91 Å². The van der Waals surface area contributed by atoms with E-state index in [1.165, 1.54) is 15.3 Å². The Balaban J connectivity index is 1.97. The normalized spacial score (nSPS) is 13.6. The zero-order chi connectivity index (χ0) is 16.3. The molecule has 1 N–H and O–H groups in total. The third kappa shape index (κ3) is 4.27. The zero-order valence-corrected chi connectivity index (χ0v) is 14.9. The van der Waals surface area contributed by atoms with E-state index in [0.717, 1.165) is 10.5 Å². The highest BCUT2D eigenvalue weighted by molar-refractivity contribution is 7.84. The standard InChI is InChI=1S/C17H21NO2S2/c1-11-9-16(13(3)21-11)12(2)18-17(19)10-14-5-7-15(8-6-14)22(4)20/h5-9,12H,10H2,1-4H3,(H,18,19)/t12-,22-/m0/s1. The summed E-state index contributed by atoms with van der Waals surface area (Å²) >= 11 is 1.75. The zero-order valence-electron chi connectivity index (χ0n) is 13.3. The number of carbonyl (C=O) groups is 1. The Morgan fingerprint density at radius 3 is 2.41 bits per heavy atom. The first-order chi connectivity index (χ1) is 10.4. The van der Waals surface area contributed by atoms with Gasteiger partial charge in [-0.3, -0.25) is 9.00 Å². The second kappa shape index (κ2) is 7.20. The fourth-order valence-electron chi connectivity index (χ4n) is 2.43. The predicted molar refractivity (Wildman–Crippen MR) is 92.8 cm³/mol. The van der Waals surface area contributed by atoms with Crippen LogP contribution in [0, 0.1) is 13.8 Å². The number of carbonyl (C=O) groups excluding carboxylic acids is 1. The lowest BCUT2D eigenvalue weighted by molar-refractivity contribution is -0.121. The molecule has 22 heavy (non-hydrogen) atoms. The molecule has 0 saturated carbocycles. The van der Waals surface area contributed by atoms with E-state index < -0.39 is 10.8 Å². The lowest BCUT2D eigenvalue weighted by Crippen LogP contribution is -2.28. The Morgan fingerprint density at radius 1 is 1.27 bits per heavy atom. The highest BCUT2D eigenvalue weighted by atomic mass is 32.2. The van der Waals surface area contributed by atoms with Crippen LogP contribution in [0.5, 0.6) is 0 Å². The highest BCUT2D eigenvalue weighted by Gasteiger charge is 2.14. The van der Waals surface area contributed by atoms with Gasteiger partial charge in [0.15, 0.2) is 0 Å². The number of hydrogen-bond acceptors (Lipinski definition) is 3. The summed E-state index contributed by atoms with van der Waals surface area (Å²) in [6.45, 7) is 6.17. The first-order valence-corrected chi connectivity index (χ1v) is 9.53. The number of thiophene rings is 1. The molecule has 1 heterocycles. The summed E-state index contributed by atoms with van der Waals surface area (Å²) in [5.41, 5.74) is 2.12. The lowest BCUT2D eigenvalue weighted by atomic mass is 10.1. The quantitative estimate of drug-likeness (QED) is 0.909. The van der Waals surface area contributed by atoms with Crippen molar-refractivity contribution in [3.8, 4) is 0 Å². The van der Waals surface area contributed by atoms with Gasteiger partial charge in [-0.15, -0.1) is 11.3 Å². The minimum atomic E-state index is -0.984. The molecule has 1 aromatic heterocycles. The molecule has 0 aliphatic rings. The molecule has 0 aliphatic carbocycles. The molecule has 0 radical (unpaired) electrons. The SMILES string of the molecule is Cc1cc([C@H](C)NC(=O)Cc2ccc([S@](C)=O)cc2)c(C)s1. The predicted octanol–water partition coefficient (Wildman–Crippen LogP) is 3.52. The summed E-state index contributed by atoms with van der Waals surface area (Å²) in [6, 6.07) is 9.50. The van der Waals surface area contributed by atoms with Gasteiger partial charge in [-0.2, -0.15) is 0 Å². The molecule has 2 aromatic rings. The van der Waals surface area contributed by atoms with Crippen LogP contribution in [0.3, 0.4) is 0 Å². The molecular weight excluding hydrogens is 314 g/mol. The first kappa shape index (κ1) is 16.9. The van der Waals surface area contributed by atoms with E-state index in [-0.39, 0.29) is 11.9 Å². The van der Waals surface area contributed by atoms with E-state index in [2.05, 4.69) is 25.2 Å². The maximum Gasteiger partial charge on any atom is 0.224 e. The average Bonchev–Trinajstić information content (AvgIpc) is 2.78. The number of benzene rings is 1. The molecule has 0 bridgehead atoms. The fraction of sp³-hybridized carbons (Fsp3) is 0.353. The van der Waals surface area contributed by atoms with Crippen LogP contribution in [-0.2, 0) is 22.0 Å². The van der Waals surface area contributed by atoms with Gasteiger partial charge < -0.3 is 5.32 Å². The van der Waals surface area contributed by atoms with Crippen LogP contribution in [0.1, 0.15) is 33.8 Å². The van der Waals surface area contributed by atoms with Crippen molar-refractivity contribution >= 4 is 28.0 Å². The van der Waals surface area contributed by atoms with Crippen molar-refractivity contribution in [1.29, 1.82) is 0 Å². The van der Waals surface area contributed by atoms with Crippen LogP contribution in [0.25, 0.3) is 0 Å². The van der Waals surface area contributed by atoms with Crippen LogP contribution in [-0.4, -0.2) is 16.4 Å². The molecule has 3 nitrogen and oxygen atoms in total. The number of amides is 1. The van der Waals surface area contributed by atoms with Gasteiger partial charge in [-0.05, 0) is 50.1 Å². The van der Waals surface area contributed by atoms with Gasteiger partial charge in [0.05, 0.1) is 12.5 Å². The second-order valence-corrected chi connectivity index (χ2v) is 8.27. The Kier molecular flexibility index (Phi) is 5.53. The van der Waals surface area contributed by atoms with Crippen LogP contribution in [0.2, 0.25) is 0 Å². The average molecular weight is 335 g/mol. The van der Waals surface area contributed by atoms with E-state index in [4.69, 9.17) is 0 Å². The molecule has 5 heteroatoms. The van der Waals surface area contributed by atoms with E-state index in [1.54, 1.807) is 17.6 Å². The third-order valence-corrected chi connectivity index (χ3v) is 5.46. The summed E-state index contributed by atoms with van der Waals surface area (Å²) in [7, 11) is -0.984. The van der Waals surface area contributed by atoms with E-state index >= 15 is 0 Å². The van der Waals surface area contributed by atoms with Crippen molar-refractivity contribution in [3.05, 3.63) is 51.2 Å². The summed E-state index contributed by atoms with van der Waals surface area (Å²) < 4.78 is 11.3. The molecule has 2 atom stereocenters. The smallest absolute Gasteiger partial charge is 0.224 e. The van der Waals surface area contributed by atoms with Crippen molar-refractivity contribution in [1.82, 2.24) is 5.32 Å². The molecule has 0 spiro atoms. The minimum absolute atomic E-state index is 0.00104. The van der Waals surface area contributed by atoms with Crippen LogP contribution in [0.15, 0.2) is 35.2 Å². The van der Waals surface area contributed by atoms with Gasteiger partial charge in [0, 0.05) is 31.7 Å². The monoisotopic (exact) mass is 335 g/mol. The Bertz CT molecular complexity index is 689. The largest absolute Gasteiger partial charge is 0.349 e.